The van der Waals surface area contributed by atoms with Gasteiger partial charge in [0.2, 0.25) is 0 Å². The largest absolute Gasteiger partial charge is 0.508 e. The second kappa shape index (κ2) is 16.5. The molecular formula is C39H55NO10. The molecule has 5 N–H and O–H groups in total. The van der Waals surface area contributed by atoms with Crippen LogP contribution in [0.15, 0.2) is 36.4 Å². The Hall–Kier alpha value is -3.83. The summed E-state index contributed by atoms with van der Waals surface area (Å²) >= 11 is 0. The average Bonchev–Trinajstić information content (AvgIpc) is 3.39. The van der Waals surface area contributed by atoms with E-state index in [4.69, 9.17) is 29.9 Å². The van der Waals surface area contributed by atoms with Crippen LogP contribution in [0.2, 0.25) is 0 Å². The van der Waals surface area contributed by atoms with E-state index < -0.39 is 36.4 Å². The van der Waals surface area contributed by atoms with Crippen LogP contribution >= 0.6 is 0 Å². The molecule has 3 aliphatic carbocycles. The molecule has 0 radical (unpaired) electrons. The number of hydrogen-bond acceptors (Lipinski definition) is 8. The molecule has 2 aromatic carbocycles. The first-order chi connectivity index (χ1) is 23.6. The minimum absolute atomic E-state index is 0.408. The molecule has 0 bridgehead atoms. The van der Waals surface area contributed by atoms with Gasteiger partial charge in [-0.3, -0.25) is 14.5 Å². The first-order valence-electron chi connectivity index (χ1n) is 17.9. The molecule has 3 aliphatic rings. The van der Waals surface area contributed by atoms with Crippen LogP contribution in [0.3, 0.4) is 0 Å². The Bertz CT molecular complexity index is 1490. The van der Waals surface area contributed by atoms with Crippen molar-refractivity contribution in [3.05, 3.63) is 53.1 Å². The Morgan fingerprint density at radius 1 is 0.960 bits per heavy atom. The zero-order valence-electron chi connectivity index (χ0n) is 30.1. The number of ether oxygens (including phenoxy) is 2. The molecule has 50 heavy (non-hydrogen) atoms. The van der Waals surface area contributed by atoms with E-state index in [0.717, 1.165) is 68.3 Å². The van der Waals surface area contributed by atoms with Crippen molar-refractivity contribution in [1.29, 1.82) is 0 Å². The van der Waals surface area contributed by atoms with Crippen molar-refractivity contribution in [3.8, 4) is 17.2 Å². The maximum atomic E-state index is 10.3. The lowest BCUT2D eigenvalue weighted by atomic mass is 9.51. The van der Waals surface area contributed by atoms with E-state index >= 15 is 0 Å². The third kappa shape index (κ3) is 8.72. The second-order valence-electron chi connectivity index (χ2n) is 14.7. The van der Waals surface area contributed by atoms with Crippen LogP contribution in [-0.2, 0) is 27.3 Å². The molecule has 11 nitrogen and oxygen atoms in total. The van der Waals surface area contributed by atoms with Gasteiger partial charge in [-0.25, -0.2) is 4.79 Å². The summed E-state index contributed by atoms with van der Waals surface area (Å²) < 4.78 is 12.1. The predicted molar refractivity (Wildman–Crippen MR) is 188 cm³/mol. The number of carboxylic acids is 3. The van der Waals surface area contributed by atoms with Crippen molar-refractivity contribution in [2.24, 2.45) is 29.1 Å². The highest BCUT2D eigenvalue weighted by atomic mass is 16.5. The highest BCUT2D eigenvalue weighted by Crippen LogP contribution is 2.64. The minimum atomic E-state index is -2.74. The summed E-state index contributed by atoms with van der Waals surface area (Å²) in [5.41, 5.74) is 1.85. The molecule has 2 aromatic rings. The molecule has 2 fully saturated rings. The molecule has 0 amide bonds. The van der Waals surface area contributed by atoms with Crippen molar-refractivity contribution in [3.63, 3.8) is 0 Å². The van der Waals surface area contributed by atoms with Crippen LogP contribution in [0, 0.1) is 29.1 Å². The highest BCUT2D eigenvalue weighted by molar-refractivity contribution is 5.88. The number of carboxylic acid groups (broad SMARTS) is 3. The standard InChI is InChI=1S/C33H47NO3.C6H8O7/c1-6-34(7-2)21-23-8-13-30(31(19-23)36-5)37-17-15-25-9-12-29-32-22(3)18-24-20-26(35)10-11-27(24)28(32)14-16-33(25,29)4;7-3(8)1-6(13,5(11)12)2-4(9)10/h8,10-11,13,19-20,22,25,28-29,32,35H,6-7,9,12,14-18,21H2,1-5H3;13H,1-2H2,(H,7,8)(H,9,10)(H,11,12)/t22-,25-,28?,29?,32?,33-;/m1./s1. The van der Waals surface area contributed by atoms with Gasteiger partial charge in [0, 0.05) is 6.54 Å². The Balaban J connectivity index is 0.000000369. The minimum Gasteiger partial charge on any atom is -0.508 e. The fraction of sp³-hybridized carbons (Fsp3) is 0.615. The third-order valence-electron chi connectivity index (χ3n) is 11.8. The summed E-state index contributed by atoms with van der Waals surface area (Å²) in [6.45, 7) is 13.3. The molecule has 6 atom stereocenters. The lowest BCUT2D eigenvalue weighted by molar-refractivity contribution is -0.170. The second-order valence-corrected chi connectivity index (χ2v) is 14.7. The van der Waals surface area contributed by atoms with Gasteiger partial charge in [-0.2, -0.15) is 0 Å². The van der Waals surface area contributed by atoms with Crippen molar-refractivity contribution in [2.75, 3.05) is 26.8 Å². The number of nitrogens with zero attached hydrogens (tertiary/aromatic N) is 1. The van der Waals surface area contributed by atoms with Crippen LogP contribution in [0.4, 0.5) is 0 Å². The Kier molecular flexibility index (Phi) is 12.8. The fourth-order valence-electron chi connectivity index (χ4n) is 9.21. The molecule has 5 rings (SSSR count). The van der Waals surface area contributed by atoms with E-state index in [2.05, 4.69) is 56.9 Å². The molecule has 276 valence electrons. The molecular weight excluding hydrogens is 642 g/mol. The van der Waals surface area contributed by atoms with Gasteiger partial charge < -0.3 is 35.0 Å². The molecule has 0 aromatic heterocycles. The zero-order chi connectivity index (χ0) is 36.8. The maximum Gasteiger partial charge on any atom is 0.336 e. The molecule has 0 aliphatic heterocycles. The molecule has 0 saturated heterocycles. The van der Waals surface area contributed by atoms with Crippen molar-refractivity contribution < 1.29 is 49.4 Å². The van der Waals surface area contributed by atoms with E-state index in [1.807, 2.05) is 12.1 Å². The van der Waals surface area contributed by atoms with Crippen LogP contribution < -0.4 is 9.47 Å². The number of fused-ring (bicyclic) bond motifs is 5. The Morgan fingerprint density at radius 2 is 1.64 bits per heavy atom. The number of aliphatic hydroxyl groups is 1. The third-order valence-corrected chi connectivity index (χ3v) is 11.8. The molecule has 0 heterocycles. The summed E-state index contributed by atoms with van der Waals surface area (Å²) in [6.07, 6.45) is 5.19. The first-order valence-corrected chi connectivity index (χ1v) is 17.9. The van der Waals surface area contributed by atoms with Crippen LogP contribution in [0.5, 0.6) is 17.2 Å². The smallest absolute Gasteiger partial charge is 0.336 e. The highest BCUT2D eigenvalue weighted by Gasteiger charge is 2.56. The maximum absolute atomic E-state index is 10.3. The van der Waals surface area contributed by atoms with E-state index in [-0.39, 0.29) is 0 Å². The van der Waals surface area contributed by atoms with Gasteiger partial charge in [0.05, 0.1) is 26.6 Å². The summed E-state index contributed by atoms with van der Waals surface area (Å²) in [6, 6.07) is 12.6. The zero-order valence-corrected chi connectivity index (χ0v) is 30.1. The van der Waals surface area contributed by atoms with E-state index in [0.29, 0.717) is 23.0 Å². The Labute approximate surface area is 295 Å². The summed E-state index contributed by atoms with van der Waals surface area (Å²) in [7, 11) is 1.75. The summed E-state index contributed by atoms with van der Waals surface area (Å²) in [5.74, 6) is 0.735. The number of benzene rings is 2. The number of methoxy groups -OCH3 is 1. The predicted octanol–water partition coefficient (Wildman–Crippen LogP) is 6.18. The first kappa shape index (κ1) is 39.0. The van der Waals surface area contributed by atoms with Crippen LogP contribution in [-0.4, -0.2) is 80.7 Å². The van der Waals surface area contributed by atoms with E-state index in [1.165, 1.54) is 42.4 Å². The van der Waals surface area contributed by atoms with Crippen LogP contribution in [0.25, 0.3) is 0 Å². The van der Waals surface area contributed by atoms with Gasteiger partial charge in [-0.1, -0.05) is 39.8 Å². The van der Waals surface area contributed by atoms with Gasteiger partial charge >= 0.3 is 17.9 Å². The number of carbonyl (C=O) groups is 3. The van der Waals surface area contributed by atoms with Crippen molar-refractivity contribution >= 4 is 17.9 Å². The molecule has 0 spiro atoms. The van der Waals surface area contributed by atoms with Gasteiger partial charge in [-0.15, -0.1) is 0 Å². The number of phenols is 1. The lowest BCUT2D eigenvalue weighted by Gasteiger charge is -2.53. The van der Waals surface area contributed by atoms with E-state index in [1.54, 1.807) is 7.11 Å². The summed E-state index contributed by atoms with van der Waals surface area (Å²) in [5, 5.41) is 43.9. The number of rotatable bonds is 14. The molecule has 11 heteroatoms. The van der Waals surface area contributed by atoms with Gasteiger partial charge in [0.25, 0.3) is 0 Å². The number of aromatic hydroxyl groups is 1. The van der Waals surface area contributed by atoms with Crippen LogP contribution in [0.1, 0.15) is 95.2 Å². The topological polar surface area (TPSA) is 174 Å². The van der Waals surface area contributed by atoms with Gasteiger partial charge in [0.15, 0.2) is 17.1 Å². The van der Waals surface area contributed by atoms with Crippen molar-refractivity contribution in [1.82, 2.24) is 4.90 Å². The number of hydrogen-bond donors (Lipinski definition) is 5. The van der Waals surface area contributed by atoms with Crippen molar-refractivity contribution in [2.45, 2.75) is 97.1 Å². The number of aliphatic carboxylic acids is 3. The Morgan fingerprint density at radius 3 is 2.24 bits per heavy atom. The average molecular weight is 698 g/mol. The number of phenolic OH excluding ortho intramolecular Hbond substituents is 1. The summed E-state index contributed by atoms with van der Waals surface area (Å²) in [4.78, 5) is 32.9. The van der Waals surface area contributed by atoms with Gasteiger partial charge in [0.1, 0.15) is 5.75 Å². The fourth-order valence-corrected chi connectivity index (χ4v) is 9.21. The normalized spacial score (nSPS) is 25.4. The molecule has 2 saturated carbocycles. The molecule has 3 unspecified atom stereocenters. The lowest BCUT2D eigenvalue weighted by Crippen LogP contribution is -2.45. The monoisotopic (exact) mass is 697 g/mol. The SMILES string of the molecule is CCN(CC)Cc1ccc(OCC[C@H]2CCC3C4C(CC[C@@]32C)c2ccc(O)cc2C[C@H]4C)c(OC)c1.O=C(O)CC(O)(CC(=O)O)C(=O)O. The van der Waals surface area contributed by atoms with Gasteiger partial charge in [-0.05, 0) is 128 Å². The van der Waals surface area contributed by atoms with E-state index in [9.17, 15) is 19.5 Å². The quantitative estimate of drug-likeness (QED) is 0.152.